The zero-order chi connectivity index (χ0) is 14.7. The Bertz CT molecular complexity index is 740. The van der Waals surface area contributed by atoms with Crippen molar-refractivity contribution in [2.45, 2.75) is 0 Å². The number of nitrogens with zero attached hydrogens (tertiary/aromatic N) is 3. The maximum Gasteiger partial charge on any atom is 0.256 e. The SMILES string of the molecule is [C-]#[N+]c1c(OC)nc(N)c(C#N)c1-c1ccc(O)cc1. The number of nitriles is 1. The Morgan fingerprint density at radius 2 is 2.05 bits per heavy atom. The third-order valence-corrected chi connectivity index (χ3v) is 2.74. The molecule has 0 amide bonds. The van der Waals surface area contributed by atoms with Crippen molar-refractivity contribution in [3.05, 3.63) is 41.2 Å². The van der Waals surface area contributed by atoms with Crippen molar-refractivity contribution >= 4 is 11.5 Å². The number of phenols is 1. The number of pyridine rings is 1. The molecule has 0 aliphatic carbocycles. The minimum Gasteiger partial charge on any atom is -0.508 e. The van der Waals surface area contributed by atoms with Gasteiger partial charge in [0.05, 0.1) is 19.2 Å². The van der Waals surface area contributed by atoms with Gasteiger partial charge in [0, 0.05) is 5.56 Å². The molecule has 0 spiro atoms. The number of rotatable bonds is 2. The van der Waals surface area contributed by atoms with Crippen molar-refractivity contribution in [2.24, 2.45) is 0 Å². The molecule has 0 fully saturated rings. The van der Waals surface area contributed by atoms with Crippen molar-refractivity contribution in [3.63, 3.8) is 0 Å². The number of benzene rings is 1. The first-order valence-corrected chi connectivity index (χ1v) is 5.56. The molecule has 0 radical (unpaired) electrons. The second-order valence-corrected chi connectivity index (χ2v) is 3.88. The summed E-state index contributed by atoms with van der Waals surface area (Å²) in [7, 11) is 1.38. The van der Waals surface area contributed by atoms with E-state index in [9.17, 15) is 10.4 Å². The lowest BCUT2D eigenvalue weighted by molar-refractivity contribution is 0.401. The van der Waals surface area contributed by atoms with Crippen molar-refractivity contribution in [1.29, 1.82) is 5.26 Å². The van der Waals surface area contributed by atoms with Crippen LogP contribution in [0.1, 0.15) is 5.56 Å². The van der Waals surface area contributed by atoms with Gasteiger partial charge in [0.25, 0.3) is 5.69 Å². The first-order valence-electron chi connectivity index (χ1n) is 5.56. The lowest BCUT2D eigenvalue weighted by Gasteiger charge is -2.12. The fourth-order valence-corrected chi connectivity index (χ4v) is 1.84. The molecule has 1 heterocycles. The highest BCUT2D eigenvalue weighted by Gasteiger charge is 2.20. The first kappa shape index (κ1) is 13.2. The molecule has 0 aliphatic rings. The fourth-order valence-electron chi connectivity index (χ4n) is 1.84. The normalized spacial score (nSPS) is 9.55. The summed E-state index contributed by atoms with van der Waals surface area (Å²) < 4.78 is 5.04. The van der Waals surface area contributed by atoms with Crippen LogP contribution in [0.2, 0.25) is 0 Å². The van der Waals surface area contributed by atoms with Gasteiger partial charge in [-0.3, -0.25) is 0 Å². The van der Waals surface area contributed by atoms with E-state index in [4.69, 9.17) is 17.0 Å². The molecule has 98 valence electrons. The van der Waals surface area contributed by atoms with E-state index < -0.39 is 0 Å². The summed E-state index contributed by atoms with van der Waals surface area (Å²) in [6, 6.07) is 8.08. The molecule has 0 atom stereocenters. The number of hydrogen-bond acceptors (Lipinski definition) is 5. The van der Waals surface area contributed by atoms with E-state index in [-0.39, 0.29) is 28.7 Å². The second-order valence-electron chi connectivity index (χ2n) is 3.88. The van der Waals surface area contributed by atoms with Gasteiger partial charge in [-0.15, -0.1) is 0 Å². The van der Waals surface area contributed by atoms with Gasteiger partial charge in [0.2, 0.25) is 5.88 Å². The summed E-state index contributed by atoms with van der Waals surface area (Å²) in [6.07, 6.45) is 0. The van der Waals surface area contributed by atoms with Crippen molar-refractivity contribution in [1.82, 2.24) is 4.98 Å². The van der Waals surface area contributed by atoms with Crippen LogP contribution in [-0.2, 0) is 0 Å². The van der Waals surface area contributed by atoms with E-state index in [2.05, 4.69) is 9.83 Å². The number of aromatic nitrogens is 1. The van der Waals surface area contributed by atoms with Gasteiger partial charge in [-0.05, 0) is 17.7 Å². The predicted octanol–water partition coefficient (Wildman–Crippen LogP) is 2.47. The topological polar surface area (TPSA) is 96.5 Å². The maximum absolute atomic E-state index is 9.32. The quantitative estimate of drug-likeness (QED) is 0.814. The third-order valence-electron chi connectivity index (χ3n) is 2.74. The molecule has 6 nitrogen and oxygen atoms in total. The van der Waals surface area contributed by atoms with E-state index in [0.717, 1.165) is 0 Å². The molecule has 1 aromatic heterocycles. The molecule has 0 saturated carbocycles. The van der Waals surface area contributed by atoms with Crippen LogP contribution in [0.25, 0.3) is 16.0 Å². The molecule has 20 heavy (non-hydrogen) atoms. The lowest BCUT2D eigenvalue weighted by Crippen LogP contribution is -2.00. The monoisotopic (exact) mass is 266 g/mol. The number of ether oxygens (including phenoxy) is 1. The fraction of sp³-hybridized carbons (Fsp3) is 0.0714. The Morgan fingerprint density at radius 3 is 2.55 bits per heavy atom. The Hall–Kier alpha value is -3.25. The summed E-state index contributed by atoms with van der Waals surface area (Å²) in [5.41, 5.74) is 6.90. The molecule has 1 aromatic carbocycles. The zero-order valence-electron chi connectivity index (χ0n) is 10.6. The van der Waals surface area contributed by atoms with Crippen LogP contribution in [-0.4, -0.2) is 17.2 Å². The first-order chi connectivity index (χ1) is 9.62. The van der Waals surface area contributed by atoms with Gasteiger partial charge in [0.1, 0.15) is 17.6 Å². The van der Waals surface area contributed by atoms with Crippen LogP contribution < -0.4 is 10.5 Å². The standard InChI is InChI=1S/C14H10N4O2/c1-17-12-11(8-3-5-9(19)6-4-8)10(7-15)13(16)18-14(12)20-2/h3-6,19H,2H3,(H2,16,18). The number of anilines is 1. The molecule has 2 aromatic rings. The van der Waals surface area contributed by atoms with Crippen molar-refractivity contribution in [3.8, 4) is 28.8 Å². The number of methoxy groups -OCH3 is 1. The lowest BCUT2D eigenvalue weighted by atomic mass is 9.99. The molecular formula is C14H10N4O2. The second kappa shape index (κ2) is 5.17. The number of phenolic OH excluding ortho intramolecular Hbond substituents is 1. The van der Waals surface area contributed by atoms with Crippen LogP contribution in [0.15, 0.2) is 24.3 Å². The zero-order valence-corrected chi connectivity index (χ0v) is 10.6. The van der Waals surface area contributed by atoms with Crippen LogP contribution in [0.4, 0.5) is 11.5 Å². The molecule has 0 bridgehead atoms. The predicted molar refractivity (Wildman–Crippen MR) is 73.3 cm³/mol. The summed E-state index contributed by atoms with van der Waals surface area (Å²) in [5, 5.41) is 18.6. The molecule has 0 saturated heterocycles. The maximum atomic E-state index is 9.32. The number of nitrogens with two attached hydrogens (primary N) is 1. The van der Waals surface area contributed by atoms with Crippen molar-refractivity contribution < 1.29 is 9.84 Å². The Morgan fingerprint density at radius 1 is 1.40 bits per heavy atom. The third kappa shape index (κ3) is 2.06. The van der Waals surface area contributed by atoms with Crippen LogP contribution in [0, 0.1) is 17.9 Å². The number of nitrogen functional groups attached to an aromatic ring is 1. The van der Waals surface area contributed by atoms with Gasteiger partial charge < -0.3 is 15.6 Å². The van der Waals surface area contributed by atoms with Crippen LogP contribution in [0.3, 0.4) is 0 Å². The van der Waals surface area contributed by atoms with Crippen molar-refractivity contribution in [2.75, 3.05) is 12.8 Å². The smallest absolute Gasteiger partial charge is 0.256 e. The largest absolute Gasteiger partial charge is 0.508 e. The van der Waals surface area contributed by atoms with Gasteiger partial charge in [-0.1, -0.05) is 12.1 Å². The Balaban J connectivity index is 2.85. The summed E-state index contributed by atoms with van der Waals surface area (Å²) in [5.74, 6) is 0.157. The molecule has 3 N–H and O–H groups in total. The van der Waals surface area contributed by atoms with Gasteiger partial charge in [-0.25, -0.2) is 9.83 Å². The molecule has 0 unspecified atom stereocenters. The Kier molecular flexibility index (Phi) is 3.41. The van der Waals surface area contributed by atoms with Gasteiger partial charge in [-0.2, -0.15) is 5.26 Å². The minimum absolute atomic E-state index is 0.000162. The molecule has 2 rings (SSSR count). The minimum atomic E-state index is -0.000162. The molecular weight excluding hydrogens is 256 g/mol. The van der Waals surface area contributed by atoms with E-state index in [0.29, 0.717) is 11.1 Å². The summed E-state index contributed by atoms with van der Waals surface area (Å²) >= 11 is 0. The average Bonchev–Trinajstić information content (AvgIpc) is 2.46. The van der Waals surface area contributed by atoms with Gasteiger partial charge >= 0.3 is 0 Å². The van der Waals surface area contributed by atoms with Crippen LogP contribution >= 0.6 is 0 Å². The summed E-state index contributed by atoms with van der Waals surface area (Å²) in [6.45, 7) is 7.27. The Labute approximate surface area is 115 Å². The highest BCUT2D eigenvalue weighted by atomic mass is 16.5. The average molecular weight is 266 g/mol. The highest BCUT2D eigenvalue weighted by Crippen LogP contribution is 2.41. The van der Waals surface area contributed by atoms with E-state index in [1.165, 1.54) is 19.2 Å². The van der Waals surface area contributed by atoms with Gasteiger partial charge in [0.15, 0.2) is 0 Å². The van der Waals surface area contributed by atoms with E-state index >= 15 is 0 Å². The van der Waals surface area contributed by atoms with Crippen LogP contribution in [0.5, 0.6) is 11.6 Å². The van der Waals surface area contributed by atoms with E-state index in [1.807, 2.05) is 6.07 Å². The van der Waals surface area contributed by atoms with E-state index in [1.54, 1.807) is 12.1 Å². The summed E-state index contributed by atoms with van der Waals surface area (Å²) in [4.78, 5) is 7.29. The highest BCUT2D eigenvalue weighted by molar-refractivity contribution is 5.89. The molecule has 6 heteroatoms. The number of hydrogen-bond donors (Lipinski definition) is 2. The molecule has 0 aliphatic heterocycles. The number of aromatic hydroxyl groups is 1.